The van der Waals surface area contributed by atoms with Gasteiger partial charge in [0.15, 0.2) is 0 Å². The van der Waals surface area contributed by atoms with Crippen LogP contribution in [0.1, 0.15) is 15.9 Å². The van der Waals surface area contributed by atoms with Gasteiger partial charge in [-0.25, -0.2) is 0 Å². The van der Waals surface area contributed by atoms with E-state index in [1.165, 1.54) is 24.9 Å². The fourth-order valence-corrected chi connectivity index (χ4v) is 4.22. The highest BCUT2D eigenvalue weighted by atomic mass is 127. The number of allylic oxidation sites excluding steroid dienone is 1. The molecule has 3 rings (SSSR count). The second-order valence-electron chi connectivity index (χ2n) is 4.75. The van der Waals surface area contributed by atoms with Crippen molar-refractivity contribution in [1.29, 1.82) is 0 Å². The molecular formula is C16H10INO4S. The molecule has 0 spiro atoms. The van der Waals surface area contributed by atoms with E-state index < -0.39 is 4.92 Å². The molecule has 0 saturated heterocycles. The summed E-state index contributed by atoms with van der Waals surface area (Å²) >= 11 is 3.36. The summed E-state index contributed by atoms with van der Waals surface area (Å²) in [5.41, 5.74) is 1.16. The van der Waals surface area contributed by atoms with Crippen molar-refractivity contribution in [2.24, 2.45) is 0 Å². The van der Waals surface area contributed by atoms with Crippen LogP contribution in [0.15, 0.2) is 46.2 Å². The number of nitrogens with zero attached hydrogens (tertiary/aromatic N) is 1. The van der Waals surface area contributed by atoms with Crippen LogP contribution in [0.3, 0.4) is 0 Å². The van der Waals surface area contributed by atoms with Gasteiger partial charge in [-0.2, -0.15) is 0 Å². The third-order valence-corrected chi connectivity index (χ3v) is 5.22. The summed E-state index contributed by atoms with van der Waals surface area (Å²) < 4.78 is 5.72. The quantitative estimate of drug-likeness (QED) is 0.304. The Morgan fingerprint density at radius 3 is 2.70 bits per heavy atom. The number of carbonyl (C=O) groups excluding carboxylic acids is 1. The number of methoxy groups -OCH3 is 1. The summed E-state index contributed by atoms with van der Waals surface area (Å²) in [7, 11) is 1.40. The largest absolute Gasteiger partial charge is 0.489 e. The molecular weight excluding hydrogens is 429 g/mol. The number of nitro benzene ring substituents is 1. The smallest absolute Gasteiger partial charge is 0.312 e. The van der Waals surface area contributed by atoms with Crippen molar-refractivity contribution in [2.45, 2.75) is 4.90 Å². The molecule has 1 heterocycles. The maximum absolute atomic E-state index is 12.4. The van der Waals surface area contributed by atoms with Gasteiger partial charge in [-0.15, -0.1) is 0 Å². The van der Waals surface area contributed by atoms with Crippen molar-refractivity contribution in [2.75, 3.05) is 7.11 Å². The zero-order valence-corrected chi connectivity index (χ0v) is 14.9. The predicted octanol–water partition coefficient (Wildman–Crippen LogP) is 4.54. The number of ether oxygens (including phenoxy) is 1. The Morgan fingerprint density at radius 1 is 1.30 bits per heavy atom. The molecule has 0 unspecified atom stereocenters. The summed E-state index contributed by atoms with van der Waals surface area (Å²) in [5, 5.41) is 11.2. The van der Waals surface area contributed by atoms with E-state index in [1.54, 1.807) is 18.2 Å². The minimum atomic E-state index is -0.485. The van der Waals surface area contributed by atoms with E-state index in [2.05, 4.69) is 0 Å². The molecule has 2 aromatic carbocycles. The van der Waals surface area contributed by atoms with E-state index in [-0.39, 0.29) is 17.2 Å². The number of thioether (sulfide) groups is 1. The maximum atomic E-state index is 12.4. The van der Waals surface area contributed by atoms with Crippen molar-refractivity contribution in [3.05, 3.63) is 66.1 Å². The van der Waals surface area contributed by atoms with Crippen molar-refractivity contribution in [1.82, 2.24) is 0 Å². The molecule has 0 N–H and O–H groups in total. The van der Waals surface area contributed by atoms with Gasteiger partial charge in [0, 0.05) is 16.5 Å². The molecule has 1 aliphatic heterocycles. The number of ketones is 1. The van der Waals surface area contributed by atoms with Crippen LogP contribution in [-0.4, -0.2) is 17.8 Å². The first kappa shape index (κ1) is 16.0. The summed E-state index contributed by atoms with van der Waals surface area (Å²) in [6, 6.07) is 10.6. The minimum Gasteiger partial charge on any atom is -0.489 e. The van der Waals surface area contributed by atoms with Crippen LogP contribution in [0.5, 0.6) is 5.75 Å². The third kappa shape index (κ3) is 2.98. The summed E-state index contributed by atoms with van der Waals surface area (Å²) in [6.45, 7) is 0. The van der Waals surface area contributed by atoms with Crippen LogP contribution >= 0.6 is 34.4 Å². The topological polar surface area (TPSA) is 69.4 Å². The lowest BCUT2D eigenvalue weighted by atomic mass is 10.1. The van der Waals surface area contributed by atoms with Crippen molar-refractivity contribution in [3.63, 3.8) is 0 Å². The number of Topliss-reactive ketones (excluding diaryl/α,β-unsaturated/α-hetero) is 1. The number of carbonyl (C=O) groups is 1. The first-order valence-electron chi connectivity index (χ1n) is 6.56. The average molecular weight is 439 g/mol. The van der Waals surface area contributed by atoms with Crippen molar-refractivity contribution >= 4 is 51.9 Å². The minimum absolute atomic E-state index is 0.0564. The van der Waals surface area contributed by atoms with Crippen LogP contribution in [0.2, 0.25) is 0 Å². The van der Waals surface area contributed by atoms with E-state index in [0.29, 0.717) is 19.6 Å². The Hall–Kier alpha value is -1.87. The van der Waals surface area contributed by atoms with Crippen LogP contribution in [0.4, 0.5) is 5.69 Å². The lowest BCUT2D eigenvalue weighted by Gasteiger charge is -2.06. The molecule has 0 radical (unpaired) electrons. The van der Waals surface area contributed by atoms with Gasteiger partial charge >= 0.3 is 5.69 Å². The number of fused-ring (bicyclic) bond motifs is 1. The molecule has 0 atom stereocenters. The van der Waals surface area contributed by atoms with Gasteiger partial charge in [0.05, 0.1) is 20.5 Å². The zero-order valence-electron chi connectivity index (χ0n) is 11.9. The van der Waals surface area contributed by atoms with E-state index in [4.69, 9.17) is 4.74 Å². The number of hydrogen-bond acceptors (Lipinski definition) is 5. The monoisotopic (exact) mass is 439 g/mol. The predicted molar refractivity (Wildman–Crippen MR) is 97.0 cm³/mol. The van der Waals surface area contributed by atoms with Gasteiger partial charge in [-0.05, 0) is 52.4 Å². The number of hydrogen-bond donors (Lipinski definition) is 0. The molecule has 7 heteroatoms. The molecule has 0 aromatic heterocycles. The first-order valence-corrected chi connectivity index (χ1v) is 8.46. The Bertz CT molecular complexity index is 863. The standard InChI is InChI=1S/C16H10INO4S/c1-22-16-11(17)6-9(7-12(16)18(20)21)8-14-15(19)10-4-2-3-5-13(10)23-14/h2-8H,1H3/b14-8+. The van der Waals surface area contributed by atoms with Gasteiger partial charge in [0.1, 0.15) is 0 Å². The van der Waals surface area contributed by atoms with E-state index in [9.17, 15) is 14.9 Å². The van der Waals surface area contributed by atoms with E-state index in [0.717, 1.165) is 4.90 Å². The highest BCUT2D eigenvalue weighted by Gasteiger charge is 2.26. The summed E-state index contributed by atoms with van der Waals surface area (Å²) in [4.78, 5) is 24.5. The second kappa shape index (κ2) is 6.32. The molecule has 0 fully saturated rings. The molecule has 5 nitrogen and oxygen atoms in total. The fraction of sp³-hybridized carbons (Fsp3) is 0.0625. The lowest BCUT2D eigenvalue weighted by Crippen LogP contribution is -1.98. The Kier molecular flexibility index (Phi) is 4.40. The van der Waals surface area contributed by atoms with Crippen LogP contribution in [-0.2, 0) is 0 Å². The number of nitro groups is 1. The summed E-state index contributed by atoms with van der Waals surface area (Å²) in [5.74, 6) is 0.172. The normalized spacial score (nSPS) is 14.9. The molecule has 2 aromatic rings. The first-order chi connectivity index (χ1) is 11.0. The molecule has 1 aliphatic rings. The maximum Gasteiger partial charge on any atom is 0.312 e. The Morgan fingerprint density at radius 2 is 2.04 bits per heavy atom. The average Bonchev–Trinajstić information content (AvgIpc) is 2.83. The third-order valence-electron chi connectivity index (χ3n) is 3.32. The lowest BCUT2D eigenvalue weighted by molar-refractivity contribution is -0.385. The number of halogens is 1. The molecule has 0 aliphatic carbocycles. The highest BCUT2D eigenvalue weighted by Crippen LogP contribution is 2.41. The Labute approximate surface area is 150 Å². The van der Waals surface area contributed by atoms with Crippen LogP contribution in [0, 0.1) is 13.7 Å². The Balaban J connectivity index is 2.05. The fourth-order valence-electron chi connectivity index (χ4n) is 2.31. The van der Waals surface area contributed by atoms with E-state index in [1.807, 2.05) is 40.8 Å². The zero-order chi connectivity index (χ0) is 16.6. The van der Waals surface area contributed by atoms with Crippen LogP contribution < -0.4 is 4.74 Å². The molecule has 0 amide bonds. The van der Waals surface area contributed by atoms with Gasteiger partial charge < -0.3 is 4.74 Å². The van der Waals surface area contributed by atoms with Gasteiger partial charge in [-0.1, -0.05) is 23.9 Å². The molecule has 0 bridgehead atoms. The van der Waals surface area contributed by atoms with Gasteiger partial charge in [-0.3, -0.25) is 14.9 Å². The summed E-state index contributed by atoms with van der Waals surface area (Å²) in [6.07, 6.45) is 1.68. The molecule has 116 valence electrons. The highest BCUT2D eigenvalue weighted by molar-refractivity contribution is 14.1. The SMILES string of the molecule is COc1c(I)cc(/C=C2/Sc3ccccc3C2=O)cc1[N+](=O)[O-]. The van der Waals surface area contributed by atoms with E-state index >= 15 is 0 Å². The van der Waals surface area contributed by atoms with Gasteiger partial charge in [0.2, 0.25) is 11.5 Å². The van der Waals surface area contributed by atoms with Crippen molar-refractivity contribution in [3.8, 4) is 5.75 Å². The second-order valence-corrected chi connectivity index (χ2v) is 6.99. The molecule has 23 heavy (non-hydrogen) atoms. The number of rotatable bonds is 3. The van der Waals surface area contributed by atoms with Crippen LogP contribution in [0.25, 0.3) is 6.08 Å². The number of benzene rings is 2. The molecule has 0 saturated carbocycles. The van der Waals surface area contributed by atoms with Gasteiger partial charge in [0.25, 0.3) is 0 Å². The van der Waals surface area contributed by atoms with Crippen molar-refractivity contribution < 1.29 is 14.5 Å².